The number of aliphatic hydroxyl groups excluding tert-OH is 1. The van der Waals surface area contributed by atoms with Crippen LogP contribution in [-0.4, -0.2) is 66.5 Å². The summed E-state index contributed by atoms with van der Waals surface area (Å²) in [7, 11) is 0. The summed E-state index contributed by atoms with van der Waals surface area (Å²) >= 11 is 6.68. The maximum absolute atomic E-state index is 15.4. The Bertz CT molecular complexity index is 1190. The highest BCUT2D eigenvalue weighted by Crippen LogP contribution is 2.46. The Hall–Kier alpha value is -2.33. The Balaban J connectivity index is 1.75. The molecule has 5 nitrogen and oxygen atoms in total. The molecular formula is C26H30ClF4N3O2. The third-order valence-electron chi connectivity index (χ3n) is 6.55. The van der Waals surface area contributed by atoms with Gasteiger partial charge in [0, 0.05) is 34.7 Å². The molecule has 1 unspecified atom stereocenters. The summed E-state index contributed by atoms with van der Waals surface area (Å²) in [5.41, 5.74) is 2.37. The molecule has 1 aliphatic rings. The van der Waals surface area contributed by atoms with Crippen molar-refractivity contribution >= 4 is 22.5 Å². The van der Waals surface area contributed by atoms with E-state index in [2.05, 4.69) is 10.3 Å². The van der Waals surface area contributed by atoms with Gasteiger partial charge in [-0.1, -0.05) is 29.8 Å². The molecule has 36 heavy (non-hydrogen) atoms. The molecule has 0 bridgehead atoms. The van der Waals surface area contributed by atoms with Crippen molar-refractivity contribution in [2.24, 2.45) is 0 Å². The number of H-pyrrole nitrogens is 1. The molecular weight excluding hydrogens is 498 g/mol. The van der Waals surface area contributed by atoms with Crippen molar-refractivity contribution in [1.82, 2.24) is 15.2 Å². The molecule has 0 saturated carbocycles. The normalized spacial score (nSPS) is 18.5. The van der Waals surface area contributed by atoms with Crippen LogP contribution in [0, 0.1) is 5.82 Å². The summed E-state index contributed by atoms with van der Waals surface area (Å²) in [5.74, 6) is -3.81. The summed E-state index contributed by atoms with van der Waals surface area (Å²) < 4.78 is 62.4. The first-order chi connectivity index (χ1) is 17.3. The number of ether oxygens (including phenoxy) is 1. The Morgan fingerprint density at radius 1 is 1.22 bits per heavy atom. The van der Waals surface area contributed by atoms with Gasteiger partial charge in [0.1, 0.15) is 24.8 Å². The fourth-order valence-corrected chi connectivity index (χ4v) is 5.15. The number of hydrogen-bond acceptors (Lipinski definition) is 4. The molecule has 2 aromatic carbocycles. The first-order valence-electron chi connectivity index (χ1n) is 12.0. The number of para-hydroxylation sites is 1. The zero-order valence-corrected chi connectivity index (χ0v) is 20.7. The number of hydrogen-bond donors (Lipinski definition) is 3. The van der Waals surface area contributed by atoms with Gasteiger partial charge in [-0.25, -0.2) is 13.2 Å². The monoisotopic (exact) mass is 527 g/mol. The number of alkyl halides is 3. The highest BCUT2D eigenvalue weighted by Gasteiger charge is 2.43. The Morgan fingerprint density at radius 2 is 2.00 bits per heavy atom. The minimum Gasteiger partial charge on any atom is -0.491 e. The van der Waals surface area contributed by atoms with E-state index in [0.29, 0.717) is 31.6 Å². The molecule has 4 rings (SSSR count). The molecule has 3 N–H and O–H groups in total. The van der Waals surface area contributed by atoms with E-state index in [1.54, 1.807) is 6.92 Å². The molecule has 0 aliphatic carbocycles. The van der Waals surface area contributed by atoms with Gasteiger partial charge < -0.3 is 20.1 Å². The summed E-state index contributed by atoms with van der Waals surface area (Å²) in [5, 5.41) is 13.3. The molecule has 10 heteroatoms. The maximum atomic E-state index is 15.4. The smallest absolute Gasteiger partial charge is 0.283 e. The lowest BCUT2D eigenvalue weighted by Gasteiger charge is -2.42. The third kappa shape index (κ3) is 5.49. The van der Waals surface area contributed by atoms with Crippen molar-refractivity contribution in [3.05, 3.63) is 64.1 Å². The number of aromatic amines is 1. The largest absolute Gasteiger partial charge is 0.491 e. The summed E-state index contributed by atoms with van der Waals surface area (Å²) in [4.78, 5) is 4.80. The lowest BCUT2D eigenvalue weighted by Crippen LogP contribution is -2.49. The fraction of sp³-hybridized carbons (Fsp3) is 0.462. The number of nitrogens with zero attached hydrogens (tertiary/aromatic N) is 1. The topological polar surface area (TPSA) is 60.5 Å². The zero-order chi connectivity index (χ0) is 25.9. The number of nitrogens with one attached hydrogen (secondary N) is 2. The molecule has 0 radical (unpaired) electrons. The van der Waals surface area contributed by atoms with Gasteiger partial charge in [-0.2, -0.15) is 0 Å². The molecule has 0 amide bonds. The van der Waals surface area contributed by atoms with Gasteiger partial charge >= 0.3 is 0 Å². The van der Waals surface area contributed by atoms with Crippen LogP contribution in [-0.2, 0) is 6.42 Å². The first kappa shape index (κ1) is 26.7. The van der Waals surface area contributed by atoms with E-state index in [4.69, 9.17) is 16.3 Å². The number of aliphatic hydroxyl groups is 1. The van der Waals surface area contributed by atoms with Gasteiger partial charge in [-0.15, -0.1) is 0 Å². The minimum atomic E-state index is -3.39. The van der Waals surface area contributed by atoms with Crippen LogP contribution in [0.5, 0.6) is 5.75 Å². The van der Waals surface area contributed by atoms with E-state index >= 15 is 4.39 Å². The van der Waals surface area contributed by atoms with Crippen LogP contribution in [0.25, 0.3) is 10.9 Å². The molecule has 3 aromatic rings. The minimum absolute atomic E-state index is 0.000205. The summed E-state index contributed by atoms with van der Waals surface area (Å²) in [6.45, 7) is 0.440. The Kier molecular flexibility index (Phi) is 8.44. The van der Waals surface area contributed by atoms with Crippen LogP contribution in [0.4, 0.5) is 17.6 Å². The number of aromatic nitrogens is 1. The molecule has 196 valence electrons. The average Bonchev–Trinajstić information content (AvgIpc) is 3.22. The third-order valence-corrected chi connectivity index (χ3v) is 6.94. The van der Waals surface area contributed by atoms with E-state index < -0.39 is 37.6 Å². The van der Waals surface area contributed by atoms with Gasteiger partial charge in [0.15, 0.2) is 0 Å². The SMILES string of the molecule is C[C@@H]1Cc2c([nH]c3ccccc23)C(c2c(F)ccc(OCCNCCCF)c2Cl)N1CC(F)(F)CO. The predicted molar refractivity (Wildman–Crippen MR) is 132 cm³/mol. The second kappa shape index (κ2) is 11.4. The van der Waals surface area contributed by atoms with Crippen molar-refractivity contribution in [2.75, 3.05) is 39.5 Å². The van der Waals surface area contributed by atoms with E-state index in [1.165, 1.54) is 17.0 Å². The van der Waals surface area contributed by atoms with Gasteiger partial charge in [-0.05, 0) is 50.1 Å². The Morgan fingerprint density at radius 3 is 2.75 bits per heavy atom. The van der Waals surface area contributed by atoms with Gasteiger partial charge in [0.25, 0.3) is 5.92 Å². The van der Waals surface area contributed by atoms with Gasteiger partial charge in [0.2, 0.25) is 0 Å². The molecule has 0 spiro atoms. The average molecular weight is 528 g/mol. The lowest BCUT2D eigenvalue weighted by molar-refractivity contribution is -0.0866. The Labute approximate surface area is 212 Å². The summed E-state index contributed by atoms with van der Waals surface area (Å²) in [6, 6.07) is 8.88. The van der Waals surface area contributed by atoms with E-state index in [1.807, 2.05) is 24.3 Å². The van der Waals surface area contributed by atoms with Crippen LogP contribution < -0.4 is 10.1 Å². The molecule has 0 saturated heterocycles. The van der Waals surface area contributed by atoms with Crippen LogP contribution >= 0.6 is 11.6 Å². The quantitative estimate of drug-likeness (QED) is 0.235. The first-order valence-corrected chi connectivity index (χ1v) is 12.4. The maximum Gasteiger partial charge on any atom is 0.283 e. The highest BCUT2D eigenvalue weighted by molar-refractivity contribution is 6.33. The van der Waals surface area contributed by atoms with Crippen molar-refractivity contribution in [2.45, 2.75) is 37.8 Å². The van der Waals surface area contributed by atoms with E-state index in [0.717, 1.165) is 16.5 Å². The molecule has 2 heterocycles. The van der Waals surface area contributed by atoms with Crippen molar-refractivity contribution in [1.29, 1.82) is 0 Å². The standard InChI is InChI=1S/C26H30ClF4N3O2/c1-16-13-18-17-5-2-3-6-20(17)33-24(18)25(34(16)14-26(30,31)15-35)22-19(29)7-8-21(23(22)27)36-12-11-32-10-4-9-28/h2-3,5-8,16,25,32-33,35H,4,9-15H2,1H3/t16-,25?/m1/s1. The number of fused-ring (bicyclic) bond motifs is 3. The molecule has 1 aliphatic heterocycles. The predicted octanol–water partition coefficient (Wildman–Crippen LogP) is 5.25. The van der Waals surface area contributed by atoms with Gasteiger partial charge in [-0.3, -0.25) is 9.29 Å². The zero-order valence-electron chi connectivity index (χ0n) is 20.0. The molecule has 1 aromatic heterocycles. The van der Waals surface area contributed by atoms with E-state index in [-0.39, 0.29) is 29.0 Å². The molecule has 2 atom stereocenters. The fourth-order valence-electron chi connectivity index (χ4n) is 4.84. The van der Waals surface area contributed by atoms with Gasteiger partial charge in [0.05, 0.1) is 24.3 Å². The van der Waals surface area contributed by atoms with E-state index in [9.17, 15) is 18.3 Å². The van der Waals surface area contributed by atoms with Crippen LogP contribution in [0.3, 0.4) is 0 Å². The summed E-state index contributed by atoms with van der Waals surface area (Å²) in [6.07, 6.45) is 0.861. The number of halogens is 5. The second-order valence-electron chi connectivity index (χ2n) is 9.12. The van der Waals surface area contributed by atoms with Crippen molar-refractivity contribution in [3.63, 3.8) is 0 Å². The van der Waals surface area contributed by atoms with Crippen LogP contribution in [0.1, 0.15) is 36.2 Å². The van der Waals surface area contributed by atoms with Crippen molar-refractivity contribution in [3.8, 4) is 5.75 Å². The van der Waals surface area contributed by atoms with Crippen molar-refractivity contribution < 1.29 is 27.4 Å². The number of benzene rings is 2. The highest BCUT2D eigenvalue weighted by atomic mass is 35.5. The van der Waals surface area contributed by atoms with Crippen LogP contribution in [0.15, 0.2) is 36.4 Å². The molecule has 0 fully saturated rings. The second-order valence-corrected chi connectivity index (χ2v) is 9.50. The van der Waals surface area contributed by atoms with Crippen LogP contribution in [0.2, 0.25) is 5.02 Å². The lowest BCUT2D eigenvalue weighted by atomic mass is 9.88. The number of rotatable bonds is 11.